The number of hydrogen-bond donors (Lipinski definition) is 1. The van der Waals surface area contributed by atoms with Crippen molar-refractivity contribution in [1.82, 2.24) is 5.32 Å². The van der Waals surface area contributed by atoms with E-state index in [1.807, 2.05) is 12.1 Å². The Morgan fingerprint density at radius 1 is 1.33 bits per heavy atom. The molecule has 2 aliphatic rings. The van der Waals surface area contributed by atoms with E-state index in [4.69, 9.17) is 16.3 Å². The molecule has 3 heteroatoms. The smallest absolute Gasteiger partial charge is 0.0538 e. The standard InChI is InChI=1S/C15H20ClNO/c16-14-4-2-1-3-12(14)9-15(7-8-18-11-15)10-17-13-5-6-13/h1-4,13,17H,5-11H2. The molecule has 1 N–H and O–H groups in total. The summed E-state index contributed by atoms with van der Waals surface area (Å²) in [6, 6.07) is 8.94. The highest BCUT2D eigenvalue weighted by Crippen LogP contribution is 2.35. The fraction of sp³-hybridized carbons (Fsp3) is 0.600. The quantitative estimate of drug-likeness (QED) is 0.884. The van der Waals surface area contributed by atoms with Gasteiger partial charge in [-0.3, -0.25) is 0 Å². The Bertz CT molecular complexity index is 411. The normalized spacial score (nSPS) is 27.6. The molecule has 98 valence electrons. The molecule has 2 nitrogen and oxygen atoms in total. The number of nitrogens with one attached hydrogen (secondary N) is 1. The second-order valence-corrected chi connectivity index (χ2v) is 6.13. The average molecular weight is 266 g/mol. The lowest BCUT2D eigenvalue weighted by Crippen LogP contribution is -2.37. The summed E-state index contributed by atoms with van der Waals surface area (Å²) >= 11 is 6.28. The van der Waals surface area contributed by atoms with Gasteiger partial charge in [-0.1, -0.05) is 29.8 Å². The Kier molecular flexibility index (Phi) is 3.60. The molecular formula is C15H20ClNO. The van der Waals surface area contributed by atoms with Crippen LogP contribution in [0.2, 0.25) is 5.02 Å². The van der Waals surface area contributed by atoms with E-state index in [0.717, 1.165) is 43.7 Å². The second-order valence-electron chi connectivity index (χ2n) is 5.73. The SMILES string of the molecule is Clc1ccccc1CC1(CNC2CC2)CCOC1. The summed E-state index contributed by atoms with van der Waals surface area (Å²) in [6.45, 7) is 2.80. The molecule has 1 aliphatic heterocycles. The van der Waals surface area contributed by atoms with Gasteiger partial charge >= 0.3 is 0 Å². The Morgan fingerprint density at radius 3 is 2.83 bits per heavy atom. The monoisotopic (exact) mass is 265 g/mol. The van der Waals surface area contributed by atoms with Crippen molar-refractivity contribution >= 4 is 11.6 Å². The van der Waals surface area contributed by atoms with Crippen molar-refractivity contribution < 1.29 is 4.74 Å². The van der Waals surface area contributed by atoms with Gasteiger partial charge in [-0.15, -0.1) is 0 Å². The highest BCUT2D eigenvalue weighted by atomic mass is 35.5. The summed E-state index contributed by atoms with van der Waals surface area (Å²) in [5.41, 5.74) is 1.50. The fourth-order valence-electron chi connectivity index (χ4n) is 2.68. The van der Waals surface area contributed by atoms with Crippen molar-refractivity contribution in [3.8, 4) is 0 Å². The van der Waals surface area contributed by atoms with E-state index < -0.39 is 0 Å². The largest absolute Gasteiger partial charge is 0.381 e. The Morgan fingerprint density at radius 2 is 2.17 bits per heavy atom. The molecule has 1 heterocycles. The molecule has 0 bridgehead atoms. The number of benzene rings is 1. The summed E-state index contributed by atoms with van der Waals surface area (Å²) in [4.78, 5) is 0. The maximum atomic E-state index is 6.28. The lowest BCUT2D eigenvalue weighted by Gasteiger charge is -2.28. The van der Waals surface area contributed by atoms with Gasteiger partial charge in [0.1, 0.15) is 0 Å². The van der Waals surface area contributed by atoms with Crippen molar-refractivity contribution in [2.24, 2.45) is 5.41 Å². The summed E-state index contributed by atoms with van der Waals surface area (Å²) in [5.74, 6) is 0. The summed E-state index contributed by atoms with van der Waals surface area (Å²) in [6.07, 6.45) is 4.83. The predicted octanol–water partition coefficient (Wildman–Crippen LogP) is 3.04. The second kappa shape index (κ2) is 5.20. The van der Waals surface area contributed by atoms with Gasteiger partial charge < -0.3 is 10.1 Å². The third-order valence-electron chi connectivity index (χ3n) is 4.05. The summed E-state index contributed by atoms with van der Waals surface area (Å²) in [5, 5.41) is 4.54. The van der Waals surface area contributed by atoms with Crippen LogP contribution < -0.4 is 5.32 Å². The highest BCUT2D eigenvalue weighted by Gasteiger charge is 2.37. The van der Waals surface area contributed by atoms with E-state index in [9.17, 15) is 0 Å². The Labute approximate surface area is 114 Å². The van der Waals surface area contributed by atoms with Gasteiger partial charge in [-0.25, -0.2) is 0 Å². The van der Waals surface area contributed by atoms with Crippen LogP contribution in [-0.2, 0) is 11.2 Å². The van der Waals surface area contributed by atoms with Crippen LogP contribution in [0.1, 0.15) is 24.8 Å². The molecule has 0 amide bonds. The molecule has 2 fully saturated rings. The molecular weight excluding hydrogens is 246 g/mol. The number of rotatable bonds is 5. The van der Waals surface area contributed by atoms with Crippen molar-refractivity contribution in [3.05, 3.63) is 34.9 Å². The third-order valence-corrected chi connectivity index (χ3v) is 4.42. The van der Waals surface area contributed by atoms with Crippen LogP contribution in [0.5, 0.6) is 0 Å². The lowest BCUT2D eigenvalue weighted by atomic mass is 9.81. The van der Waals surface area contributed by atoms with Gasteiger partial charge in [0, 0.05) is 29.6 Å². The first-order chi connectivity index (χ1) is 8.77. The van der Waals surface area contributed by atoms with Crippen LogP contribution in [0.3, 0.4) is 0 Å². The van der Waals surface area contributed by atoms with Gasteiger partial charge in [0.25, 0.3) is 0 Å². The van der Waals surface area contributed by atoms with Gasteiger partial charge in [-0.2, -0.15) is 0 Å². The van der Waals surface area contributed by atoms with Crippen LogP contribution >= 0.6 is 11.6 Å². The lowest BCUT2D eigenvalue weighted by molar-refractivity contribution is 0.149. The molecule has 0 aromatic heterocycles. The summed E-state index contributed by atoms with van der Waals surface area (Å²) < 4.78 is 5.64. The van der Waals surface area contributed by atoms with E-state index in [2.05, 4.69) is 17.4 Å². The van der Waals surface area contributed by atoms with Crippen LogP contribution in [0, 0.1) is 5.41 Å². The van der Waals surface area contributed by atoms with E-state index in [0.29, 0.717) is 0 Å². The molecule has 0 spiro atoms. The maximum Gasteiger partial charge on any atom is 0.0538 e. The average Bonchev–Trinajstić information content (AvgIpc) is 3.10. The molecule has 1 atom stereocenters. The minimum atomic E-state index is 0.244. The van der Waals surface area contributed by atoms with Crippen LogP contribution in [-0.4, -0.2) is 25.8 Å². The predicted molar refractivity (Wildman–Crippen MR) is 74.0 cm³/mol. The molecule has 1 saturated carbocycles. The molecule has 0 radical (unpaired) electrons. The third kappa shape index (κ3) is 2.87. The minimum Gasteiger partial charge on any atom is -0.381 e. The molecule has 3 rings (SSSR count). The first-order valence-electron chi connectivity index (χ1n) is 6.82. The van der Waals surface area contributed by atoms with Gasteiger partial charge in [0.2, 0.25) is 0 Å². The first kappa shape index (κ1) is 12.5. The number of hydrogen-bond acceptors (Lipinski definition) is 2. The molecule has 1 saturated heterocycles. The van der Waals surface area contributed by atoms with Crippen molar-refractivity contribution in [3.63, 3.8) is 0 Å². The van der Waals surface area contributed by atoms with E-state index in [-0.39, 0.29) is 5.41 Å². The van der Waals surface area contributed by atoms with E-state index >= 15 is 0 Å². The highest BCUT2D eigenvalue weighted by molar-refractivity contribution is 6.31. The van der Waals surface area contributed by atoms with Gasteiger partial charge in [0.05, 0.1) is 6.61 Å². The van der Waals surface area contributed by atoms with Gasteiger partial charge in [0.15, 0.2) is 0 Å². The van der Waals surface area contributed by atoms with Gasteiger partial charge in [-0.05, 0) is 37.3 Å². The Balaban J connectivity index is 1.70. The van der Waals surface area contributed by atoms with E-state index in [1.165, 1.54) is 18.4 Å². The zero-order chi connectivity index (χ0) is 12.4. The summed E-state index contributed by atoms with van der Waals surface area (Å²) in [7, 11) is 0. The van der Waals surface area contributed by atoms with Crippen LogP contribution in [0.15, 0.2) is 24.3 Å². The molecule has 1 aromatic rings. The maximum absolute atomic E-state index is 6.28. The molecule has 1 aliphatic carbocycles. The minimum absolute atomic E-state index is 0.244. The van der Waals surface area contributed by atoms with Crippen molar-refractivity contribution in [2.45, 2.75) is 31.7 Å². The number of halogens is 1. The van der Waals surface area contributed by atoms with Crippen molar-refractivity contribution in [1.29, 1.82) is 0 Å². The van der Waals surface area contributed by atoms with E-state index in [1.54, 1.807) is 0 Å². The van der Waals surface area contributed by atoms with Crippen molar-refractivity contribution in [2.75, 3.05) is 19.8 Å². The zero-order valence-corrected chi connectivity index (χ0v) is 11.4. The number of ether oxygens (including phenoxy) is 1. The zero-order valence-electron chi connectivity index (χ0n) is 10.6. The fourth-order valence-corrected chi connectivity index (χ4v) is 2.89. The molecule has 18 heavy (non-hydrogen) atoms. The van der Waals surface area contributed by atoms with Crippen LogP contribution in [0.4, 0.5) is 0 Å². The first-order valence-corrected chi connectivity index (χ1v) is 7.20. The topological polar surface area (TPSA) is 21.3 Å². The molecule has 1 unspecified atom stereocenters. The Hall–Kier alpha value is -0.570. The van der Waals surface area contributed by atoms with Crippen LogP contribution in [0.25, 0.3) is 0 Å². The molecule has 1 aromatic carbocycles.